The van der Waals surface area contributed by atoms with Gasteiger partial charge in [-0.1, -0.05) is 0 Å². The van der Waals surface area contributed by atoms with Crippen LogP contribution in [0.1, 0.15) is 16.8 Å². The minimum atomic E-state index is -4.44. The van der Waals surface area contributed by atoms with Gasteiger partial charge in [-0.05, 0) is 37.6 Å². The highest BCUT2D eigenvalue weighted by molar-refractivity contribution is 6.05. The molecular weight excluding hydrogens is 295 g/mol. The van der Waals surface area contributed by atoms with Crippen molar-refractivity contribution in [2.24, 2.45) is 7.05 Å². The first-order valence-electron chi connectivity index (χ1n) is 6.77. The van der Waals surface area contributed by atoms with Crippen LogP contribution in [-0.4, -0.2) is 10.7 Å². The summed E-state index contributed by atoms with van der Waals surface area (Å²) in [4.78, 5) is 11.9. The Hall–Kier alpha value is -2.24. The molecule has 0 atom stereocenters. The van der Waals surface area contributed by atoms with Crippen molar-refractivity contribution in [2.75, 3.05) is 0 Å². The molecule has 3 nitrogen and oxygen atoms in total. The molecular formula is C16H14F3NO2. The fraction of sp³-hybridized carbons (Fsp3) is 0.312. The predicted octanol–water partition coefficient (Wildman–Crippen LogP) is 4.01. The first kappa shape index (κ1) is 14.7. The molecule has 0 bridgehead atoms. The van der Waals surface area contributed by atoms with E-state index in [1.54, 1.807) is 6.07 Å². The van der Waals surface area contributed by atoms with Crippen molar-refractivity contribution in [1.82, 2.24) is 4.57 Å². The van der Waals surface area contributed by atoms with Crippen LogP contribution in [0.5, 0.6) is 0 Å². The molecule has 1 aromatic carbocycles. The third-order valence-electron chi connectivity index (χ3n) is 4.13. The molecule has 3 rings (SSSR count). The molecule has 116 valence electrons. The molecule has 0 unspecified atom stereocenters. The summed E-state index contributed by atoms with van der Waals surface area (Å²) in [6.45, 7) is 3.85. The lowest BCUT2D eigenvalue weighted by Crippen LogP contribution is -2.18. The maximum absolute atomic E-state index is 12.5. The Morgan fingerprint density at radius 3 is 2.55 bits per heavy atom. The van der Waals surface area contributed by atoms with E-state index in [0.29, 0.717) is 11.0 Å². The third-order valence-corrected chi connectivity index (χ3v) is 4.13. The minimum absolute atomic E-state index is 0.342. The van der Waals surface area contributed by atoms with Crippen LogP contribution in [-0.2, 0) is 13.5 Å². The lowest BCUT2D eigenvalue weighted by atomic mass is 10.1. The smallest absolute Gasteiger partial charge is 0.393 e. The Kier molecular flexibility index (Phi) is 3.09. The van der Waals surface area contributed by atoms with E-state index >= 15 is 0 Å². The Labute approximate surface area is 124 Å². The van der Waals surface area contributed by atoms with E-state index < -0.39 is 18.2 Å². The molecule has 3 aromatic rings. The summed E-state index contributed by atoms with van der Waals surface area (Å²) in [6, 6.07) is 4.78. The molecule has 0 radical (unpaired) electrons. The normalized spacial score (nSPS) is 12.5. The fourth-order valence-electron chi connectivity index (χ4n) is 2.81. The zero-order valence-corrected chi connectivity index (χ0v) is 12.3. The molecule has 0 aliphatic rings. The van der Waals surface area contributed by atoms with Gasteiger partial charge in [0.1, 0.15) is 5.58 Å². The van der Waals surface area contributed by atoms with Crippen molar-refractivity contribution in [3.05, 3.63) is 45.4 Å². The van der Waals surface area contributed by atoms with Crippen LogP contribution < -0.4 is 5.63 Å². The summed E-state index contributed by atoms with van der Waals surface area (Å²) in [5.74, 6) is 0. The fourth-order valence-corrected chi connectivity index (χ4v) is 2.81. The van der Waals surface area contributed by atoms with Gasteiger partial charge < -0.3 is 8.98 Å². The number of aromatic nitrogens is 1. The summed E-state index contributed by atoms with van der Waals surface area (Å²) in [5, 5.41) is 1.27. The first-order valence-corrected chi connectivity index (χ1v) is 6.77. The van der Waals surface area contributed by atoms with E-state index in [1.807, 2.05) is 31.5 Å². The average Bonchev–Trinajstić information content (AvgIpc) is 2.63. The van der Waals surface area contributed by atoms with E-state index in [2.05, 4.69) is 0 Å². The van der Waals surface area contributed by atoms with Gasteiger partial charge in [0.2, 0.25) is 0 Å². The van der Waals surface area contributed by atoms with E-state index in [0.717, 1.165) is 22.2 Å². The molecule has 2 heterocycles. The summed E-state index contributed by atoms with van der Waals surface area (Å²) >= 11 is 0. The molecule has 0 spiro atoms. The molecule has 0 saturated carbocycles. The van der Waals surface area contributed by atoms with Gasteiger partial charge in [0.15, 0.2) is 0 Å². The monoisotopic (exact) mass is 309 g/mol. The van der Waals surface area contributed by atoms with Crippen LogP contribution in [0.4, 0.5) is 13.2 Å². The lowest BCUT2D eigenvalue weighted by molar-refractivity contribution is -0.127. The maximum atomic E-state index is 12.5. The number of nitrogens with zero attached hydrogens (tertiary/aromatic N) is 1. The summed E-state index contributed by atoms with van der Waals surface area (Å²) in [5.41, 5.74) is 1.89. The number of fused-ring (bicyclic) bond motifs is 3. The number of hydrogen-bond acceptors (Lipinski definition) is 2. The Morgan fingerprint density at radius 1 is 1.23 bits per heavy atom. The molecule has 0 aliphatic heterocycles. The molecule has 6 heteroatoms. The largest absolute Gasteiger partial charge is 0.422 e. The zero-order valence-electron chi connectivity index (χ0n) is 12.3. The molecule has 0 N–H and O–H groups in total. The van der Waals surface area contributed by atoms with Crippen molar-refractivity contribution in [3.8, 4) is 0 Å². The standard InChI is InChI=1S/C16H14F3NO2/c1-8-9(2)20(3)12-5-4-10-6-11(7-16(17,18)19)15(21)22-14(10)13(8)12/h4-6H,7H2,1-3H3. The summed E-state index contributed by atoms with van der Waals surface area (Å²) in [6.07, 6.45) is -5.72. The number of aryl methyl sites for hydroxylation is 2. The van der Waals surface area contributed by atoms with Gasteiger partial charge >= 0.3 is 11.8 Å². The van der Waals surface area contributed by atoms with E-state index in [1.165, 1.54) is 6.07 Å². The highest BCUT2D eigenvalue weighted by atomic mass is 19.4. The number of alkyl halides is 3. The predicted molar refractivity (Wildman–Crippen MR) is 78.2 cm³/mol. The van der Waals surface area contributed by atoms with Crippen LogP contribution in [0.25, 0.3) is 21.9 Å². The van der Waals surface area contributed by atoms with Gasteiger partial charge in [-0.2, -0.15) is 13.2 Å². The van der Waals surface area contributed by atoms with Crippen molar-refractivity contribution in [3.63, 3.8) is 0 Å². The van der Waals surface area contributed by atoms with Crippen LogP contribution in [0, 0.1) is 13.8 Å². The SMILES string of the molecule is Cc1c(C)n(C)c2ccc3cc(CC(F)(F)F)c(=O)oc3c12. The van der Waals surface area contributed by atoms with Crippen molar-refractivity contribution >= 4 is 21.9 Å². The highest BCUT2D eigenvalue weighted by Crippen LogP contribution is 2.31. The second-order valence-electron chi connectivity index (χ2n) is 5.50. The second-order valence-corrected chi connectivity index (χ2v) is 5.50. The topological polar surface area (TPSA) is 35.1 Å². The maximum Gasteiger partial charge on any atom is 0.393 e. The van der Waals surface area contributed by atoms with E-state index in [9.17, 15) is 18.0 Å². The summed E-state index contributed by atoms with van der Waals surface area (Å²) in [7, 11) is 1.90. The van der Waals surface area contributed by atoms with Crippen molar-refractivity contribution < 1.29 is 17.6 Å². The van der Waals surface area contributed by atoms with Gasteiger partial charge in [0.05, 0.1) is 11.9 Å². The third kappa shape index (κ3) is 2.19. The number of rotatable bonds is 1. The van der Waals surface area contributed by atoms with Gasteiger partial charge in [-0.3, -0.25) is 0 Å². The Balaban J connectivity index is 2.35. The second kappa shape index (κ2) is 4.63. The average molecular weight is 309 g/mol. The van der Waals surface area contributed by atoms with Crippen molar-refractivity contribution in [2.45, 2.75) is 26.4 Å². The molecule has 0 fully saturated rings. The number of benzene rings is 1. The van der Waals surface area contributed by atoms with Gasteiger partial charge in [-0.15, -0.1) is 0 Å². The minimum Gasteiger partial charge on any atom is -0.422 e. The first-order chi connectivity index (χ1) is 10.2. The van der Waals surface area contributed by atoms with Crippen LogP contribution in [0.3, 0.4) is 0 Å². The highest BCUT2D eigenvalue weighted by Gasteiger charge is 2.30. The van der Waals surface area contributed by atoms with Crippen LogP contribution in [0.15, 0.2) is 27.4 Å². The number of hydrogen-bond donors (Lipinski definition) is 0. The molecule has 22 heavy (non-hydrogen) atoms. The van der Waals surface area contributed by atoms with Crippen molar-refractivity contribution in [1.29, 1.82) is 0 Å². The molecule has 0 aliphatic carbocycles. The van der Waals surface area contributed by atoms with Gasteiger partial charge in [0, 0.05) is 29.1 Å². The zero-order chi connectivity index (χ0) is 16.2. The van der Waals surface area contributed by atoms with Crippen LogP contribution >= 0.6 is 0 Å². The quantitative estimate of drug-likeness (QED) is 0.637. The van der Waals surface area contributed by atoms with Gasteiger partial charge in [0.25, 0.3) is 0 Å². The molecule has 0 saturated heterocycles. The Morgan fingerprint density at radius 2 is 1.91 bits per heavy atom. The number of halogens is 3. The molecule has 2 aromatic heterocycles. The summed E-state index contributed by atoms with van der Waals surface area (Å²) < 4.78 is 44.7. The van der Waals surface area contributed by atoms with E-state index in [4.69, 9.17) is 4.42 Å². The van der Waals surface area contributed by atoms with Crippen LogP contribution in [0.2, 0.25) is 0 Å². The van der Waals surface area contributed by atoms with E-state index in [-0.39, 0.29) is 5.56 Å². The lowest BCUT2D eigenvalue weighted by Gasteiger charge is -2.07. The molecule has 0 amide bonds. The Bertz CT molecular complexity index is 948. The van der Waals surface area contributed by atoms with Gasteiger partial charge in [-0.25, -0.2) is 4.79 Å².